The molecular weight excluding hydrogens is 296 g/mol. The van der Waals surface area contributed by atoms with E-state index in [0.29, 0.717) is 5.71 Å². The first-order chi connectivity index (χ1) is 8.19. The van der Waals surface area contributed by atoms with Crippen molar-refractivity contribution in [3.05, 3.63) is 39.5 Å². The van der Waals surface area contributed by atoms with Gasteiger partial charge in [-0.1, -0.05) is 15.9 Å². The Labute approximate surface area is 115 Å². The molecule has 0 saturated carbocycles. The molecule has 1 aromatic rings. The molecule has 1 aliphatic heterocycles. The zero-order valence-electron chi connectivity index (χ0n) is 10.9. The van der Waals surface area contributed by atoms with Crippen LogP contribution in [-0.4, -0.2) is 31.9 Å². The van der Waals surface area contributed by atoms with Crippen LogP contribution in [0.4, 0.5) is 0 Å². The Balaban J connectivity index is 2.61. The van der Waals surface area contributed by atoms with Crippen LogP contribution in [0.3, 0.4) is 0 Å². The maximum absolute atomic E-state index is 12.4. The summed E-state index contributed by atoms with van der Waals surface area (Å²) in [5, 5.41) is 23.7. The molecule has 2 rings (SSSR count). The lowest BCUT2D eigenvalue weighted by atomic mass is 9.93. The van der Waals surface area contributed by atoms with E-state index in [4.69, 9.17) is 0 Å². The number of benzene rings is 1. The summed E-state index contributed by atoms with van der Waals surface area (Å²) in [6.07, 6.45) is 0. The third kappa shape index (κ3) is 1.77. The standard InChI is InChI=1S/C13H17BrN2O2/c1-12(2)11(9-5-7-10(14)8-6-9)15(17)13(3,4)16(12)18/h5-8,18H,1-4H3. The second-order valence-electron chi connectivity index (χ2n) is 5.52. The topological polar surface area (TPSA) is 49.5 Å². The highest BCUT2D eigenvalue weighted by Gasteiger charge is 2.56. The van der Waals surface area contributed by atoms with Crippen molar-refractivity contribution in [1.82, 2.24) is 5.06 Å². The van der Waals surface area contributed by atoms with Crippen molar-refractivity contribution < 1.29 is 9.95 Å². The molecular formula is C13H17BrN2O2. The van der Waals surface area contributed by atoms with E-state index in [2.05, 4.69) is 15.9 Å². The van der Waals surface area contributed by atoms with E-state index in [-0.39, 0.29) is 0 Å². The van der Waals surface area contributed by atoms with E-state index in [9.17, 15) is 10.4 Å². The third-order valence-corrected chi connectivity index (χ3v) is 3.97. The van der Waals surface area contributed by atoms with Crippen LogP contribution in [0, 0.1) is 5.21 Å². The number of halogens is 1. The van der Waals surface area contributed by atoms with Crippen molar-refractivity contribution in [3.63, 3.8) is 0 Å². The maximum Gasteiger partial charge on any atom is 0.245 e. The van der Waals surface area contributed by atoms with Crippen LogP contribution >= 0.6 is 15.9 Å². The first-order valence-corrected chi connectivity index (χ1v) is 6.58. The highest BCUT2D eigenvalue weighted by atomic mass is 79.9. The van der Waals surface area contributed by atoms with Crippen LogP contribution in [0.5, 0.6) is 0 Å². The lowest BCUT2D eigenvalue weighted by Gasteiger charge is -2.29. The number of rotatable bonds is 1. The summed E-state index contributed by atoms with van der Waals surface area (Å²) in [5.41, 5.74) is -0.296. The van der Waals surface area contributed by atoms with Crippen LogP contribution in [0.2, 0.25) is 0 Å². The molecule has 0 atom stereocenters. The minimum atomic E-state index is -0.966. The van der Waals surface area contributed by atoms with Crippen LogP contribution in [0.25, 0.3) is 0 Å². The van der Waals surface area contributed by atoms with Crippen LogP contribution in [-0.2, 0) is 0 Å². The normalized spacial score (nSPS) is 22.6. The van der Waals surface area contributed by atoms with Gasteiger partial charge in [0.25, 0.3) is 0 Å². The summed E-state index contributed by atoms with van der Waals surface area (Å²) in [4.78, 5) is 0. The Morgan fingerprint density at radius 1 is 1.17 bits per heavy atom. The quantitative estimate of drug-likeness (QED) is 0.640. The van der Waals surface area contributed by atoms with Crippen molar-refractivity contribution in [2.75, 3.05) is 0 Å². The Hall–Kier alpha value is -0.910. The first-order valence-electron chi connectivity index (χ1n) is 5.79. The Morgan fingerprint density at radius 3 is 2.06 bits per heavy atom. The van der Waals surface area contributed by atoms with Gasteiger partial charge < -0.3 is 10.4 Å². The molecule has 0 aliphatic carbocycles. The van der Waals surface area contributed by atoms with Crippen molar-refractivity contribution in [2.24, 2.45) is 0 Å². The van der Waals surface area contributed by atoms with Gasteiger partial charge in [-0.3, -0.25) is 0 Å². The Morgan fingerprint density at radius 2 is 1.67 bits per heavy atom. The van der Waals surface area contributed by atoms with Crippen molar-refractivity contribution in [3.8, 4) is 0 Å². The van der Waals surface area contributed by atoms with Gasteiger partial charge in [0.15, 0.2) is 0 Å². The monoisotopic (exact) mass is 312 g/mol. The minimum absolute atomic E-state index is 0.572. The summed E-state index contributed by atoms with van der Waals surface area (Å²) in [7, 11) is 0. The largest absolute Gasteiger partial charge is 0.622 e. The predicted octanol–water partition coefficient (Wildman–Crippen LogP) is 2.97. The van der Waals surface area contributed by atoms with Gasteiger partial charge in [-0.05, 0) is 38.1 Å². The molecule has 1 aromatic carbocycles. The van der Waals surface area contributed by atoms with E-state index >= 15 is 0 Å². The molecule has 1 aliphatic rings. The molecule has 0 aromatic heterocycles. The lowest BCUT2D eigenvalue weighted by Crippen LogP contribution is -2.51. The fourth-order valence-electron chi connectivity index (χ4n) is 2.47. The van der Waals surface area contributed by atoms with E-state index < -0.39 is 11.2 Å². The van der Waals surface area contributed by atoms with Crippen LogP contribution in [0.15, 0.2) is 28.7 Å². The van der Waals surface area contributed by atoms with Gasteiger partial charge in [-0.2, -0.15) is 4.74 Å². The van der Waals surface area contributed by atoms with E-state index in [1.807, 2.05) is 38.1 Å². The molecule has 1 heterocycles. The van der Waals surface area contributed by atoms with Gasteiger partial charge in [-0.25, -0.2) is 0 Å². The third-order valence-electron chi connectivity index (χ3n) is 3.45. The molecule has 0 unspecified atom stereocenters. The molecule has 0 spiro atoms. The highest BCUT2D eigenvalue weighted by Crippen LogP contribution is 2.34. The van der Waals surface area contributed by atoms with Crippen molar-refractivity contribution >= 4 is 21.6 Å². The van der Waals surface area contributed by atoms with Crippen LogP contribution < -0.4 is 0 Å². The van der Waals surface area contributed by atoms with Gasteiger partial charge in [0.2, 0.25) is 11.4 Å². The van der Waals surface area contributed by atoms with Gasteiger partial charge in [0, 0.05) is 23.9 Å². The number of hydroxylamine groups is 3. The Kier molecular flexibility index (Phi) is 3.04. The smallest absolute Gasteiger partial charge is 0.245 e. The number of nitrogens with zero attached hydrogens (tertiary/aromatic N) is 2. The van der Waals surface area contributed by atoms with E-state index in [1.54, 1.807) is 13.8 Å². The molecule has 0 saturated heterocycles. The lowest BCUT2D eigenvalue weighted by molar-refractivity contribution is -0.580. The van der Waals surface area contributed by atoms with E-state index in [1.165, 1.54) is 0 Å². The summed E-state index contributed by atoms with van der Waals surface area (Å²) < 4.78 is 1.84. The van der Waals surface area contributed by atoms with Crippen molar-refractivity contribution in [1.29, 1.82) is 0 Å². The summed E-state index contributed by atoms with van der Waals surface area (Å²) in [5.74, 6) is 0. The zero-order chi connectivity index (χ0) is 13.7. The average Bonchev–Trinajstić information content (AvgIpc) is 2.40. The summed E-state index contributed by atoms with van der Waals surface area (Å²) >= 11 is 3.37. The second-order valence-corrected chi connectivity index (χ2v) is 6.43. The molecule has 0 radical (unpaired) electrons. The fraction of sp³-hybridized carbons (Fsp3) is 0.462. The Bertz CT molecular complexity index is 506. The number of hydrogen-bond acceptors (Lipinski definition) is 3. The number of hydrogen-bond donors (Lipinski definition) is 1. The van der Waals surface area contributed by atoms with Gasteiger partial charge >= 0.3 is 0 Å². The predicted molar refractivity (Wildman–Crippen MR) is 73.7 cm³/mol. The summed E-state index contributed by atoms with van der Waals surface area (Å²) in [6.45, 7) is 7.08. The average molecular weight is 313 g/mol. The van der Waals surface area contributed by atoms with Crippen LogP contribution in [0.1, 0.15) is 33.3 Å². The van der Waals surface area contributed by atoms with Crippen molar-refractivity contribution in [2.45, 2.75) is 38.9 Å². The maximum atomic E-state index is 12.4. The molecule has 18 heavy (non-hydrogen) atoms. The summed E-state index contributed by atoms with van der Waals surface area (Å²) in [6, 6.07) is 7.53. The molecule has 0 bridgehead atoms. The van der Waals surface area contributed by atoms with E-state index in [0.717, 1.165) is 19.8 Å². The molecule has 5 heteroatoms. The van der Waals surface area contributed by atoms with Gasteiger partial charge in [0.05, 0.1) is 0 Å². The first kappa shape index (κ1) is 13.5. The molecule has 0 amide bonds. The molecule has 98 valence electrons. The SMILES string of the molecule is CC1(C)C(c2ccc(Br)cc2)=[N+]([O-])C(C)(C)N1O. The molecule has 4 nitrogen and oxygen atoms in total. The molecule has 0 fully saturated rings. The van der Waals surface area contributed by atoms with Gasteiger partial charge in [-0.15, -0.1) is 5.06 Å². The zero-order valence-corrected chi connectivity index (χ0v) is 12.5. The second kappa shape index (κ2) is 4.05. The minimum Gasteiger partial charge on any atom is -0.622 e. The highest BCUT2D eigenvalue weighted by molar-refractivity contribution is 9.10. The fourth-order valence-corrected chi connectivity index (χ4v) is 2.74. The molecule has 1 N–H and O–H groups in total. The van der Waals surface area contributed by atoms with Gasteiger partial charge in [0.1, 0.15) is 5.54 Å².